The Morgan fingerprint density at radius 1 is 1.55 bits per heavy atom. The van der Waals surface area contributed by atoms with Crippen LogP contribution in [-0.2, 0) is 21.2 Å². The predicted octanol–water partition coefficient (Wildman–Crippen LogP) is -0.780. The number of aromatic nitrogens is 1. The highest BCUT2D eigenvalue weighted by atomic mass is 32.2. The lowest BCUT2D eigenvalue weighted by Crippen LogP contribution is -2.41. The summed E-state index contributed by atoms with van der Waals surface area (Å²) in [4.78, 5) is 26.0. The van der Waals surface area contributed by atoms with Crippen LogP contribution in [0.5, 0.6) is 0 Å². The third kappa shape index (κ3) is 5.63. The third-order valence-electron chi connectivity index (χ3n) is 2.32. The molecule has 0 spiro atoms. The van der Waals surface area contributed by atoms with Crippen molar-refractivity contribution in [2.24, 2.45) is 5.73 Å². The van der Waals surface area contributed by atoms with Gasteiger partial charge in [-0.15, -0.1) is 11.3 Å². The van der Waals surface area contributed by atoms with Crippen molar-refractivity contribution in [3.63, 3.8) is 0 Å². The van der Waals surface area contributed by atoms with E-state index in [1.54, 1.807) is 0 Å². The molecular formula is C10H15N3O5S2. The molecule has 0 aliphatic heterocycles. The monoisotopic (exact) mass is 321 g/mol. The van der Waals surface area contributed by atoms with Gasteiger partial charge in [-0.2, -0.15) is 0 Å². The molecule has 1 rings (SSSR count). The van der Waals surface area contributed by atoms with E-state index < -0.39 is 27.8 Å². The van der Waals surface area contributed by atoms with Gasteiger partial charge in [0, 0.05) is 11.6 Å². The Labute approximate surface area is 119 Å². The van der Waals surface area contributed by atoms with Gasteiger partial charge in [-0.1, -0.05) is 0 Å². The number of nitrogens with two attached hydrogens (primary N) is 1. The molecule has 0 saturated heterocycles. The van der Waals surface area contributed by atoms with E-state index in [1.165, 1.54) is 5.38 Å². The minimum Gasteiger partial charge on any atom is -0.476 e. The predicted molar refractivity (Wildman–Crippen MR) is 73.2 cm³/mol. The summed E-state index contributed by atoms with van der Waals surface area (Å²) in [6.45, 7) is 0.0589. The van der Waals surface area contributed by atoms with Gasteiger partial charge >= 0.3 is 5.97 Å². The zero-order valence-electron chi connectivity index (χ0n) is 10.7. The first kappa shape index (κ1) is 16.5. The van der Waals surface area contributed by atoms with Gasteiger partial charge in [0.15, 0.2) is 5.69 Å². The summed E-state index contributed by atoms with van der Waals surface area (Å²) in [7, 11) is -3.16. The van der Waals surface area contributed by atoms with Crippen molar-refractivity contribution in [1.82, 2.24) is 10.3 Å². The molecule has 1 aromatic rings. The topological polar surface area (TPSA) is 139 Å². The van der Waals surface area contributed by atoms with E-state index in [0.29, 0.717) is 5.01 Å². The number of carbonyl (C=O) groups is 2. The summed E-state index contributed by atoms with van der Waals surface area (Å²) in [6, 6.07) is -0.927. The number of carboxylic acids is 1. The van der Waals surface area contributed by atoms with Crippen molar-refractivity contribution in [2.75, 3.05) is 12.0 Å². The van der Waals surface area contributed by atoms with E-state index in [9.17, 15) is 18.0 Å². The van der Waals surface area contributed by atoms with Crippen LogP contribution in [0, 0.1) is 0 Å². The van der Waals surface area contributed by atoms with Crippen LogP contribution in [0.3, 0.4) is 0 Å². The molecular weight excluding hydrogens is 306 g/mol. The molecule has 0 aliphatic rings. The van der Waals surface area contributed by atoms with Crippen LogP contribution in [0.15, 0.2) is 5.38 Å². The molecule has 0 bridgehead atoms. The first-order valence-electron chi connectivity index (χ1n) is 5.58. The molecule has 0 radical (unpaired) electrons. The number of thiazole rings is 1. The van der Waals surface area contributed by atoms with Crippen LogP contribution in [-0.4, -0.2) is 48.4 Å². The molecule has 0 aliphatic carbocycles. The molecule has 1 aromatic heterocycles. The Morgan fingerprint density at radius 2 is 2.20 bits per heavy atom. The number of rotatable bonds is 7. The molecule has 20 heavy (non-hydrogen) atoms. The van der Waals surface area contributed by atoms with Crippen molar-refractivity contribution < 1.29 is 23.1 Å². The van der Waals surface area contributed by atoms with E-state index in [1.807, 2.05) is 0 Å². The number of hydrogen-bond acceptors (Lipinski definition) is 7. The molecule has 1 atom stereocenters. The number of carbonyl (C=O) groups excluding carboxylic acids is 1. The van der Waals surface area contributed by atoms with Gasteiger partial charge in [0.05, 0.1) is 18.3 Å². The maximum absolute atomic E-state index is 11.6. The van der Waals surface area contributed by atoms with Gasteiger partial charge in [-0.05, 0) is 6.42 Å². The molecule has 1 unspecified atom stereocenters. The van der Waals surface area contributed by atoms with Crippen LogP contribution in [0.1, 0.15) is 21.9 Å². The minimum atomic E-state index is -3.16. The molecule has 8 nitrogen and oxygen atoms in total. The number of sulfone groups is 1. The van der Waals surface area contributed by atoms with Crippen LogP contribution >= 0.6 is 11.3 Å². The average Bonchev–Trinajstić information content (AvgIpc) is 2.81. The lowest BCUT2D eigenvalue weighted by Gasteiger charge is -2.10. The second-order valence-corrected chi connectivity index (χ2v) is 7.38. The molecule has 112 valence electrons. The first-order valence-corrected chi connectivity index (χ1v) is 8.52. The van der Waals surface area contributed by atoms with Crippen molar-refractivity contribution >= 4 is 33.1 Å². The van der Waals surface area contributed by atoms with Gasteiger partial charge in [0.1, 0.15) is 14.8 Å². The van der Waals surface area contributed by atoms with Gasteiger partial charge in [-0.25, -0.2) is 18.2 Å². The van der Waals surface area contributed by atoms with E-state index in [0.717, 1.165) is 17.6 Å². The number of amides is 1. The van der Waals surface area contributed by atoms with Crippen molar-refractivity contribution in [3.8, 4) is 0 Å². The van der Waals surface area contributed by atoms with Crippen LogP contribution in [0.25, 0.3) is 0 Å². The van der Waals surface area contributed by atoms with Gasteiger partial charge in [0.25, 0.3) is 0 Å². The number of carboxylic acid groups (broad SMARTS) is 1. The van der Waals surface area contributed by atoms with E-state index in [-0.39, 0.29) is 24.4 Å². The summed E-state index contributed by atoms with van der Waals surface area (Å²) in [5.41, 5.74) is 5.47. The first-order chi connectivity index (χ1) is 9.19. The Morgan fingerprint density at radius 3 is 2.70 bits per heavy atom. The number of nitrogens with one attached hydrogen (secondary N) is 1. The molecule has 4 N–H and O–H groups in total. The van der Waals surface area contributed by atoms with Crippen LogP contribution in [0.4, 0.5) is 0 Å². The summed E-state index contributed by atoms with van der Waals surface area (Å²) in [5, 5.41) is 13.0. The Hall–Kier alpha value is -1.52. The third-order valence-corrected chi connectivity index (χ3v) is 4.15. The van der Waals surface area contributed by atoms with E-state index in [4.69, 9.17) is 10.8 Å². The fourth-order valence-electron chi connectivity index (χ4n) is 1.26. The van der Waals surface area contributed by atoms with Gasteiger partial charge < -0.3 is 16.2 Å². The molecule has 0 saturated carbocycles. The summed E-state index contributed by atoms with van der Waals surface area (Å²) >= 11 is 1.11. The standard InChI is InChI=1S/C10H15N3O5S2/c1-20(17,18)3-2-6(11)9(14)12-4-8-13-7(5-19-8)10(15)16/h5-6H,2-4,11H2,1H3,(H,12,14)(H,15,16). The van der Waals surface area contributed by atoms with E-state index >= 15 is 0 Å². The Balaban J connectivity index is 2.44. The average molecular weight is 321 g/mol. The normalized spacial score (nSPS) is 12.9. The molecule has 0 fully saturated rings. The number of nitrogens with zero attached hydrogens (tertiary/aromatic N) is 1. The Bertz CT molecular complexity index is 596. The second kappa shape index (κ2) is 6.77. The minimum absolute atomic E-state index is 0.0307. The van der Waals surface area contributed by atoms with Crippen LogP contribution < -0.4 is 11.1 Å². The summed E-state index contributed by atoms with van der Waals surface area (Å²) in [5.74, 6) is -1.80. The van der Waals surface area contributed by atoms with Gasteiger partial charge in [-0.3, -0.25) is 4.79 Å². The van der Waals surface area contributed by atoms with Gasteiger partial charge in [0.2, 0.25) is 5.91 Å². The fraction of sp³-hybridized carbons (Fsp3) is 0.500. The zero-order valence-corrected chi connectivity index (χ0v) is 12.3. The zero-order chi connectivity index (χ0) is 15.3. The number of aromatic carboxylic acids is 1. The lowest BCUT2D eigenvalue weighted by atomic mass is 10.2. The van der Waals surface area contributed by atoms with Crippen LogP contribution in [0.2, 0.25) is 0 Å². The maximum Gasteiger partial charge on any atom is 0.355 e. The van der Waals surface area contributed by atoms with Crippen molar-refractivity contribution in [1.29, 1.82) is 0 Å². The molecule has 1 heterocycles. The molecule has 0 aromatic carbocycles. The number of hydrogen-bond donors (Lipinski definition) is 3. The second-order valence-electron chi connectivity index (χ2n) is 4.17. The molecule has 10 heteroatoms. The smallest absolute Gasteiger partial charge is 0.355 e. The molecule has 1 amide bonds. The Kier molecular flexibility index (Phi) is 5.60. The highest BCUT2D eigenvalue weighted by Gasteiger charge is 2.16. The van der Waals surface area contributed by atoms with Crippen molar-refractivity contribution in [2.45, 2.75) is 19.0 Å². The summed E-state index contributed by atoms with van der Waals surface area (Å²) in [6.07, 6.45) is 1.10. The SMILES string of the molecule is CS(=O)(=O)CCC(N)C(=O)NCc1nc(C(=O)O)cs1. The largest absolute Gasteiger partial charge is 0.476 e. The highest BCUT2D eigenvalue weighted by molar-refractivity contribution is 7.90. The summed E-state index contributed by atoms with van der Waals surface area (Å²) < 4.78 is 21.9. The lowest BCUT2D eigenvalue weighted by molar-refractivity contribution is -0.122. The van der Waals surface area contributed by atoms with Crippen molar-refractivity contribution in [3.05, 3.63) is 16.1 Å². The fourth-order valence-corrected chi connectivity index (χ4v) is 2.65. The van der Waals surface area contributed by atoms with E-state index in [2.05, 4.69) is 10.3 Å². The highest BCUT2D eigenvalue weighted by Crippen LogP contribution is 2.09. The maximum atomic E-state index is 11.6. The quantitative estimate of drug-likeness (QED) is 0.598.